The van der Waals surface area contributed by atoms with Gasteiger partial charge in [-0.15, -0.1) is 0 Å². The van der Waals surface area contributed by atoms with Gasteiger partial charge in [-0.2, -0.15) is 0 Å². The number of hydrogen-bond donors (Lipinski definition) is 2. The fourth-order valence-corrected chi connectivity index (χ4v) is 8.38. The molecule has 0 aromatic carbocycles. The highest BCUT2D eigenvalue weighted by molar-refractivity contribution is 5.93. The lowest BCUT2D eigenvalue weighted by atomic mass is 9.46. The molecule has 30 heavy (non-hydrogen) atoms. The first-order valence-electron chi connectivity index (χ1n) is 11.8. The lowest BCUT2D eigenvalue weighted by molar-refractivity contribution is -0.155. The molecule has 166 valence electrons. The molecule has 0 saturated heterocycles. The second-order valence-electron chi connectivity index (χ2n) is 11.1. The van der Waals surface area contributed by atoms with Gasteiger partial charge in [-0.25, -0.2) is 0 Å². The molecule has 0 aromatic rings. The van der Waals surface area contributed by atoms with Crippen molar-refractivity contribution in [1.82, 2.24) is 0 Å². The Kier molecular flexibility index (Phi) is 5.39. The smallest absolute Gasteiger partial charge is 0.317 e. The number of rotatable bonds is 5. The van der Waals surface area contributed by atoms with Crippen LogP contribution in [0.2, 0.25) is 0 Å². The molecule has 5 heteroatoms. The van der Waals surface area contributed by atoms with Crippen molar-refractivity contribution in [1.29, 1.82) is 0 Å². The molecule has 0 heterocycles. The maximum Gasteiger partial charge on any atom is 0.317 e. The average molecular weight is 417 g/mol. The Bertz CT molecular complexity index is 770. The summed E-state index contributed by atoms with van der Waals surface area (Å²) in [5.74, 6) is -1.02. The molecule has 0 radical (unpaired) electrons. The summed E-state index contributed by atoms with van der Waals surface area (Å²) in [7, 11) is 0. The Labute approximate surface area is 179 Å². The zero-order valence-electron chi connectivity index (χ0n) is 18.5. The number of aliphatic carboxylic acids is 2. The molecule has 3 fully saturated rings. The number of allylic oxidation sites excluding steroid dienone is 1. The van der Waals surface area contributed by atoms with Gasteiger partial charge < -0.3 is 10.2 Å². The summed E-state index contributed by atoms with van der Waals surface area (Å²) in [5.41, 5.74) is 1.72. The fraction of sp³-hybridized carbons (Fsp3) is 0.800. The van der Waals surface area contributed by atoms with Crippen molar-refractivity contribution in [3.05, 3.63) is 11.6 Å². The van der Waals surface area contributed by atoms with Crippen molar-refractivity contribution in [2.45, 2.75) is 78.6 Å². The van der Waals surface area contributed by atoms with Gasteiger partial charge in [-0.3, -0.25) is 14.4 Å². The van der Waals surface area contributed by atoms with Crippen LogP contribution < -0.4 is 0 Å². The normalized spacial score (nSPS) is 41.5. The van der Waals surface area contributed by atoms with Gasteiger partial charge in [0.15, 0.2) is 11.7 Å². The molecule has 5 nitrogen and oxygen atoms in total. The summed E-state index contributed by atoms with van der Waals surface area (Å²) in [6.45, 7) is 6.86. The van der Waals surface area contributed by atoms with Crippen molar-refractivity contribution in [3.63, 3.8) is 0 Å². The highest BCUT2D eigenvalue weighted by atomic mass is 16.4. The fourth-order valence-electron chi connectivity index (χ4n) is 8.38. The van der Waals surface area contributed by atoms with Gasteiger partial charge in [0.05, 0.1) is 0 Å². The van der Waals surface area contributed by atoms with Crippen LogP contribution in [-0.2, 0) is 14.4 Å². The summed E-state index contributed by atoms with van der Waals surface area (Å²) < 4.78 is 0. The Morgan fingerprint density at radius 2 is 1.73 bits per heavy atom. The lowest BCUT2D eigenvalue weighted by Gasteiger charge is -2.58. The largest absolute Gasteiger partial charge is 0.481 e. The van der Waals surface area contributed by atoms with E-state index in [0.717, 1.165) is 32.1 Å². The van der Waals surface area contributed by atoms with Crippen molar-refractivity contribution < 1.29 is 24.6 Å². The summed E-state index contributed by atoms with van der Waals surface area (Å²) in [6.07, 6.45) is 10.6. The van der Waals surface area contributed by atoms with Crippen LogP contribution in [0, 0.1) is 46.3 Å². The second kappa shape index (κ2) is 7.49. The minimum atomic E-state index is -1.31. The monoisotopic (exact) mass is 416 g/mol. The first kappa shape index (κ1) is 21.6. The second-order valence-corrected chi connectivity index (χ2v) is 11.1. The quantitative estimate of drug-likeness (QED) is 0.619. The van der Waals surface area contributed by atoms with E-state index in [1.54, 1.807) is 0 Å². The summed E-state index contributed by atoms with van der Waals surface area (Å²) >= 11 is 0. The van der Waals surface area contributed by atoms with Crippen molar-refractivity contribution in [2.24, 2.45) is 46.3 Å². The summed E-state index contributed by atoms with van der Waals surface area (Å²) in [6, 6.07) is 0. The van der Waals surface area contributed by atoms with Crippen LogP contribution in [0.4, 0.5) is 0 Å². The van der Waals surface area contributed by atoms with E-state index in [1.807, 2.05) is 6.08 Å². The van der Waals surface area contributed by atoms with E-state index in [-0.39, 0.29) is 23.2 Å². The number of carboxylic acid groups (broad SMARTS) is 2. The van der Waals surface area contributed by atoms with E-state index in [2.05, 4.69) is 20.8 Å². The molecule has 4 aliphatic rings. The van der Waals surface area contributed by atoms with Crippen LogP contribution in [0.1, 0.15) is 78.6 Å². The number of carbonyl (C=O) groups excluding carboxylic acids is 1. The summed E-state index contributed by atoms with van der Waals surface area (Å²) in [4.78, 5) is 34.8. The van der Waals surface area contributed by atoms with E-state index in [4.69, 9.17) is 0 Å². The van der Waals surface area contributed by atoms with Gasteiger partial charge in [-0.1, -0.05) is 26.3 Å². The molecule has 0 amide bonds. The standard InChI is InChI=1S/C25H36O5/c1-14(12-18(22(27)28)23(29)30)19-6-7-20-17-5-4-15-13-16(26)8-10-24(15,2)21(17)9-11-25(19,20)3/h13-14,17-21H,4-12H2,1-3H3,(H,27,28)(H,29,30)/t14?,17-,19+,20-,21-,24-,25+/m0/s1. The maximum atomic E-state index is 12.0. The van der Waals surface area contributed by atoms with E-state index in [1.165, 1.54) is 18.4 Å². The third-order valence-electron chi connectivity index (χ3n) is 9.93. The minimum absolute atomic E-state index is 0.0932. The molecule has 0 bridgehead atoms. The molecule has 1 unspecified atom stereocenters. The van der Waals surface area contributed by atoms with Gasteiger partial charge in [0, 0.05) is 6.42 Å². The number of carbonyl (C=O) groups is 3. The predicted molar refractivity (Wildman–Crippen MR) is 113 cm³/mol. The van der Waals surface area contributed by atoms with Crippen molar-refractivity contribution in [3.8, 4) is 0 Å². The van der Waals surface area contributed by atoms with E-state index in [9.17, 15) is 24.6 Å². The minimum Gasteiger partial charge on any atom is -0.481 e. The topological polar surface area (TPSA) is 91.7 Å². The highest BCUT2D eigenvalue weighted by Crippen LogP contribution is 2.67. The highest BCUT2D eigenvalue weighted by Gasteiger charge is 2.59. The first-order chi connectivity index (χ1) is 14.1. The lowest BCUT2D eigenvalue weighted by Crippen LogP contribution is -2.51. The molecule has 2 N–H and O–H groups in total. The first-order valence-corrected chi connectivity index (χ1v) is 11.8. The van der Waals surface area contributed by atoms with E-state index in [0.29, 0.717) is 35.9 Å². The number of ketones is 1. The number of fused-ring (bicyclic) bond motifs is 5. The molecular formula is C25H36O5. The van der Waals surface area contributed by atoms with Gasteiger partial charge in [0.1, 0.15) is 0 Å². The number of hydrogen-bond acceptors (Lipinski definition) is 3. The summed E-state index contributed by atoms with van der Waals surface area (Å²) in [5, 5.41) is 18.7. The van der Waals surface area contributed by atoms with Gasteiger partial charge >= 0.3 is 11.9 Å². The maximum absolute atomic E-state index is 12.0. The third-order valence-corrected chi connectivity index (χ3v) is 9.93. The predicted octanol–water partition coefficient (Wildman–Crippen LogP) is 4.95. The van der Waals surface area contributed by atoms with E-state index >= 15 is 0 Å². The Morgan fingerprint density at radius 1 is 1.03 bits per heavy atom. The molecule has 4 rings (SSSR count). The van der Waals surface area contributed by atoms with E-state index < -0.39 is 17.9 Å². The zero-order valence-corrected chi connectivity index (χ0v) is 18.5. The molecule has 4 aliphatic carbocycles. The average Bonchev–Trinajstić information content (AvgIpc) is 3.03. The SMILES string of the molecule is CC(CC(C(=O)O)C(=O)O)[C@H]1CC[C@H]2[C@@H]3CCC4=CC(=O)CC[C@]4(C)[C@H]3CC[C@]12C. The van der Waals surface area contributed by atoms with Gasteiger partial charge in [0.2, 0.25) is 0 Å². The van der Waals surface area contributed by atoms with Crippen molar-refractivity contribution in [2.75, 3.05) is 0 Å². The molecule has 3 saturated carbocycles. The Balaban J connectivity index is 1.54. The zero-order chi connectivity index (χ0) is 21.8. The van der Waals surface area contributed by atoms with Crippen LogP contribution in [-0.4, -0.2) is 27.9 Å². The van der Waals surface area contributed by atoms with Crippen LogP contribution in [0.3, 0.4) is 0 Å². The van der Waals surface area contributed by atoms with Crippen LogP contribution in [0.5, 0.6) is 0 Å². The van der Waals surface area contributed by atoms with Crippen LogP contribution in [0.25, 0.3) is 0 Å². The van der Waals surface area contributed by atoms with Gasteiger partial charge in [0.25, 0.3) is 0 Å². The Hall–Kier alpha value is -1.65. The van der Waals surface area contributed by atoms with Crippen LogP contribution in [0.15, 0.2) is 11.6 Å². The van der Waals surface area contributed by atoms with Gasteiger partial charge in [-0.05, 0) is 97.9 Å². The van der Waals surface area contributed by atoms with Crippen LogP contribution >= 0.6 is 0 Å². The Morgan fingerprint density at radius 3 is 2.40 bits per heavy atom. The number of carboxylic acids is 2. The molecule has 0 aliphatic heterocycles. The molecule has 0 spiro atoms. The third kappa shape index (κ3) is 3.23. The molecular weight excluding hydrogens is 380 g/mol. The molecule has 0 aromatic heterocycles. The molecule has 7 atom stereocenters. The van der Waals surface area contributed by atoms with Crippen molar-refractivity contribution >= 4 is 17.7 Å².